The maximum atomic E-state index is 12.1. The molecule has 6 nitrogen and oxygen atoms in total. The summed E-state index contributed by atoms with van der Waals surface area (Å²) in [5.74, 6) is 0.865. The molecule has 5 rings (SSSR count). The van der Waals surface area contributed by atoms with Crippen molar-refractivity contribution in [3.05, 3.63) is 87.7 Å². The number of halogens is 2. The Hall–Kier alpha value is -2.71. The molecule has 1 saturated heterocycles. The van der Waals surface area contributed by atoms with Gasteiger partial charge in [-0.25, -0.2) is 9.78 Å². The normalized spacial score (nSPS) is 15.8. The molecule has 0 saturated carbocycles. The van der Waals surface area contributed by atoms with E-state index < -0.39 is 0 Å². The van der Waals surface area contributed by atoms with E-state index in [9.17, 15) is 4.79 Å². The van der Waals surface area contributed by atoms with Crippen molar-refractivity contribution >= 4 is 46.7 Å². The second kappa shape index (κ2) is 11.4. The van der Waals surface area contributed by atoms with Crippen LogP contribution in [0.5, 0.6) is 0 Å². The third kappa shape index (κ3) is 5.75. The van der Waals surface area contributed by atoms with E-state index in [0.717, 1.165) is 38.8 Å². The van der Waals surface area contributed by atoms with Gasteiger partial charge in [0.2, 0.25) is 0 Å². The molecule has 4 aromatic rings. The van der Waals surface area contributed by atoms with Gasteiger partial charge in [0.1, 0.15) is 5.65 Å². The van der Waals surface area contributed by atoms with E-state index in [2.05, 4.69) is 37.3 Å². The average Bonchev–Trinajstić information content (AvgIpc) is 3.23. The molecule has 192 valence electrons. The first-order valence-corrected chi connectivity index (χ1v) is 13.8. The first-order chi connectivity index (χ1) is 17.9. The topological polar surface area (TPSA) is 56.1 Å². The van der Waals surface area contributed by atoms with E-state index in [1.165, 1.54) is 12.7 Å². The largest absolute Gasteiger partial charge is 0.453 e. The number of aromatic nitrogens is 2. The summed E-state index contributed by atoms with van der Waals surface area (Å²) in [7, 11) is 1.39. The van der Waals surface area contributed by atoms with Crippen LogP contribution in [0.3, 0.4) is 0 Å². The molecular formula is C28H27Cl2N3O3S. The highest BCUT2D eigenvalue weighted by molar-refractivity contribution is 7.98. The number of methoxy groups -OCH3 is 1. The number of nitrogens with zero attached hydrogens (tertiary/aromatic N) is 3. The zero-order valence-electron chi connectivity index (χ0n) is 20.6. The highest BCUT2D eigenvalue weighted by Gasteiger charge is 2.28. The molecule has 0 aliphatic carbocycles. The minimum Gasteiger partial charge on any atom is -0.453 e. The molecule has 0 bridgehead atoms. The van der Waals surface area contributed by atoms with E-state index in [1.54, 1.807) is 16.7 Å². The zero-order valence-corrected chi connectivity index (χ0v) is 22.9. The van der Waals surface area contributed by atoms with Crippen molar-refractivity contribution < 1.29 is 14.3 Å². The molecule has 1 unspecified atom stereocenters. The van der Waals surface area contributed by atoms with Crippen molar-refractivity contribution in [1.82, 2.24) is 14.3 Å². The van der Waals surface area contributed by atoms with E-state index in [-0.39, 0.29) is 12.2 Å². The van der Waals surface area contributed by atoms with Crippen molar-refractivity contribution in [2.45, 2.75) is 30.1 Å². The Balaban J connectivity index is 1.49. The van der Waals surface area contributed by atoms with E-state index in [4.69, 9.17) is 37.7 Å². The molecule has 0 N–H and O–H groups in total. The Morgan fingerprint density at radius 1 is 1.19 bits per heavy atom. The number of pyridine rings is 1. The number of carbonyl (C=O) groups is 1. The van der Waals surface area contributed by atoms with Gasteiger partial charge in [0.05, 0.1) is 42.8 Å². The predicted octanol–water partition coefficient (Wildman–Crippen LogP) is 6.92. The number of hydrogen-bond donors (Lipinski definition) is 0. The van der Waals surface area contributed by atoms with Crippen molar-refractivity contribution in [2.24, 2.45) is 0 Å². The van der Waals surface area contributed by atoms with Crippen LogP contribution in [0, 0.1) is 6.92 Å². The van der Waals surface area contributed by atoms with Gasteiger partial charge in [0.15, 0.2) is 0 Å². The predicted molar refractivity (Wildman–Crippen MR) is 149 cm³/mol. The fourth-order valence-electron chi connectivity index (χ4n) is 4.66. The summed E-state index contributed by atoms with van der Waals surface area (Å²) in [6, 6.07) is 18.2. The SMILES string of the molecule is COC(=O)N1CCOC(Cc2c(-c3c(C)cc(SCc4ccccc4)cc3Cl)nc3cc(Cl)ccn23)C1. The van der Waals surface area contributed by atoms with Crippen molar-refractivity contribution in [3.63, 3.8) is 0 Å². The number of ether oxygens (including phenoxy) is 2. The first-order valence-electron chi connectivity index (χ1n) is 12.0. The molecule has 1 amide bonds. The summed E-state index contributed by atoms with van der Waals surface area (Å²) < 4.78 is 13.0. The van der Waals surface area contributed by atoms with Gasteiger partial charge in [-0.3, -0.25) is 0 Å². The highest BCUT2D eigenvalue weighted by atomic mass is 35.5. The van der Waals surface area contributed by atoms with E-state index in [0.29, 0.717) is 36.2 Å². The minimum atomic E-state index is -0.346. The minimum absolute atomic E-state index is 0.207. The third-order valence-electron chi connectivity index (χ3n) is 6.43. The molecule has 2 aromatic carbocycles. The van der Waals surface area contributed by atoms with Crippen LogP contribution in [0.4, 0.5) is 4.79 Å². The number of benzene rings is 2. The molecule has 3 heterocycles. The van der Waals surface area contributed by atoms with Gasteiger partial charge in [-0.1, -0.05) is 53.5 Å². The number of aryl methyl sites for hydroxylation is 1. The van der Waals surface area contributed by atoms with Crippen LogP contribution in [0.2, 0.25) is 10.0 Å². The molecule has 0 spiro atoms. The molecule has 2 aromatic heterocycles. The maximum Gasteiger partial charge on any atom is 0.409 e. The summed E-state index contributed by atoms with van der Waals surface area (Å²) >= 11 is 15.0. The lowest BCUT2D eigenvalue weighted by molar-refractivity contribution is -0.0241. The Kier molecular flexibility index (Phi) is 7.95. The molecule has 1 aliphatic heterocycles. The van der Waals surface area contributed by atoms with E-state index >= 15 is 0 Å². The van der Waals surface area contributed by atoms with Gasteiger partial charge < -0.3 is 18.8 Å². The van der Waals surface area contributed by atoms with Crippen molar-refractivity contribution in [2.75, 3.05) is 26.8 Å². The smallest absolute Gasteiger partial charge is 0.409 e. The Bertz CT molecular complexity index is 1400. The molecular weight excluding hydrogens is 529 g/mol. The third-order valence-corrected chi connectivity index (χ3v) is 8.01. The maximum absolute atomic E-state index is 12.1. The number of hydrogen-bond acceptors (Lipinski definition) is 5. The van der Waals surface area contributed by atoms with Crippen LogP contribution in [0.25, 0.3) is 16.9 Å². The fraction of sp³-hybridized carbons (Fsp3) is 0.286. The molecule has 9 heteroatoms. The van der Waals surface area contributed by atoms with Gasteiger partial charge >= 0.3 is 6.09 Å². The second-order valence-corrected chi connectivity index (χ2v) is 10.9. The van der Waals surface area contributed by atoms with Crippen LogP contribution in [-0.2, 0) is 21.6 Å². The van der Waals surface area contributed by atoms with Crippen LogP contribution >= 0.6 is 35.0 Å². The lowest BCUT2D eigenvalue weighted by Crippen LogP contribution is -2.46. The lowest BCUT2D eigenvalue weighted by Gasteiger charge is -2.32. The lowest BCUT2D eigenvalue weighted by atomic mass is 10.0. The fourth-order valence-corrected chi connectivity index (χ4v) is 6.22. The standard InChI is InChI=1S/C28H27Cl2N3O3S/c1-18-12-22(37-17-19-6-4-3-5-7-19)15-23(30)26(18)27-24(33-9-8-20(29)13-25(33)31-27)14-21-16-32(10-11-36-21)28(34)35-2/h3-9,12-13,15,21H,10-11,14,16-17H2,1-2H3. The second-order valence-electron chi connectivity index (χ2n) is 8.96. The molecule has 1 atom stereocenters. The van der Waals surface area contributed by atoms with Crippen LogP contribution in [0.1, 0.15) is 16.8 Å². The number of carbonyl (C=O) groups excluding carboxylic acids is 1. The number of fused-ring (bicyclic) bond motifs is 1. The quantitative estimate of drug-likeness (QED) is 0.242. The van der Waals surface area contributed by atoms with Gasteiger partial charge in [0.25, 0.3) is 0 Å². The van der Waals surface area contributed by atoms with Crippen molar-refractivity contribution in [3.8, 4) is 11.3 Å². The Morgan fingerprint density at radius 2 is 2.00 bits per heavy atom. The number of thioether (sulfide) groups is 1. The zero-order chi connectivity index (χ0) is 25.9. The number of amides is 1. The summed E-state index contributed by atoms with van der Waals surface area (Å²) in [5, 5.41) is 1.25. The Morgan fingerprint density at radius 3 is 2.76 bits per heavy atom. The number of rotatable bonds is 6. The van der Waals surface area contributed by atoms with Crippen LogP contribution in [0.15, 0.2) is 65.7 Å². The molecule has 1 fully saturated rings. The summed E-state index contributed by atoms with van der Waals surface area (Å²) in [4.78, 5) is 19.8. The molecule has 37 heavy (non-hydrogen) atoms. The monoisotopic (exact) mass is 555 g/mol. The summed E-state index contributed by atoms with van der Waals surface area (Å²) in [6.07, 6.45) is 1.91. The van der Waals surface area contributed by atoms with Gasteiger partial charge in [-0.15, -0.1) is 11.8 Å². The van der Waals surface area contributed by atoms with Gasteiger partial charge in [-0.2, -0.15) is 0 Å². The molecule has 0 radical (unpaired) electrons. The van der Waals surface area contributed by atoms with Crippen molar-refractivity contribution in [1.29, 1.82) is 0 Å². The van der Waals surface area contributed by atoms with Gasteiger partial charge in [0, 0.05) is 46.5 Å². The number of morpholine rings is 1. The highest BCUT2D eigenvalue weighted by Crippen LogP contribution is 2.38. The van der Waals surface area contributed by atoms with Crippen LogP contribution < -0.4 is 0 Å². The average molecular weight is 557 g/mol. The van der Waals surface area contributed by atoms with Crippen LogP contribution in [-0.4, -0.2) is 53.3 Å². The molecule has 1 aliphatic rings. The van der Waals surface area contributed by atoms with Gasteiger partial charge in [-0.05, 0) is 36.2 Å². The Labute approximate surface area is 230 Å². The summed E-state index contributed by atoms with van der Waals surface area (Å²) in [5.41, 5.74) is 5.68. The first kappa shape index (κ1) is 25.9. The summed E-state index contributed by atoms with van der Waals surface area (Å²) in [6.45, 7) is 3.45. The van der Waals surface area contributed by atoms with E-state index in [1.807, 2.05) is 34.9 Å². The number of imidazole rings is 1.